The summed E-state index contributed by atoms with van der Waals surface area (Å²) in [6.07, 6.45) is 0. The monoisotopic (exact) mass is 281 g/mol. The van der Waals surface area contributed by atoms with Crippen LogP contribution < -0.4 is 16.6 Å². The zero-order valence-corrected chi connectivity index (χ0v) is 11.9. The molecule has 1 heterocycles. The van der Waals surface area contributed by atoms with E-state index in [0.717, 1.165) is 0 Å². The van der Waals surface area contributed by atoms with Gasteiger partial charge in [0, 0.05) is 19.6 Å². The van der Waals surface area contributed by atoms with Crippen molar-refractivity contribution < 1.29 is 0 Å². The van der Waals surface area contributed by atoms with E-state index in [1.807, 2.05) is 6.92 Å². The Morgan fingerprint density at radius 1 is 1.37 bits per heavy atom. The van der Waals surface area contributed by atoms with Gasteiger partial charge in [-0.1, -0.05) is 17.7 Å². The Hall–Kier alpha value is -1.59. The summed E-state index contributed by atoms with van der Waals surface area (Å²) in [5.74, 6) is 0. The predicted molar refractivity (Wildman–Crippen MR) is 77.0 cm³/mol. The van der Waals surface area contributed by atoms with Gasteiger partial charge in [0.2, 0.25) is 0 Å². The summed E-state index contributed by atoms with van der Waals surface area (Å²) in [7, 11) is 3.43. The first-order chi connectivity index (χ1) is 8.97. The number of halogens is 1. The second-order valence-corrected chi connectivity index (χ2v) is 4.99. The molecule has 1 aromatic heterocycles. The molecule has 0 aliphatic heterocycles. The molecule has 0 saturated carbocycles. The largest absolute Gasteiger partial charge is 0.331 e. The minimum atomic E-state index is -0.342. The summed E-state index contributed by atoms with van der Waals surface area (Å²) < 4.78 is 2.67. The highest BCUT2D eigenvalue weighted by Crippen LogP contribution is 2.18. The van der Waals surface area contributed by atoms with Crippen molar-refractivity contribution in [1.29, 1.82) is 0 Å². The number of hydrogen-bond acceptors (Lipinski definition) is 3. The molecule has 0 fully saturated rings. The standard InChI is InChI=1S/C13H16ClN3O2/c1-8(15-2)7-17-12(18)11-9(14)5-4-6-10(11)16(3)13(17)19/h4-6,8,15H,7H2,1-3H3. The Labute approximate surface area is 115 Å². The Kier molecular flexibility index (Phi) is 3.78. The summed E-state index contributed by atoms with van der Waals surface area (Å²) in [4.78, 5) is 24.6. The lowest BCUT2D eigenvalue weighted by Gasteiger charge is -2.14. The highest BCUT2D eigenvalue weighted by atomic mass is 35.5. The van der Waals surface area contributed by atoms with Gasteiger partial charge < -0.3 is 5.32 Å². The van der Waals surface area contributed by atoms with E-state index in [1.165, 1.54) is 9.13 Å². The number of hydrogen-bond donors (Lipinski definition) is 1. The van der Waals surface area contributed by atoms with Crippen LogP contribution in [0.5, 0.6) is 0 Å². The van der Waals surface area contributed by atoms with E-state index in [-0.39, 0.29) is 17.3 Å². The van der Waals surface area contributed by atoms with Gasteiger partial charge in [-0.15, -0.1) is 0 Å². The molecule has 2 rings (SSSR count). The van der Waals surface area contributed by atoms with Crippen molar-refractivity contribution in [3.05, 3.63) is 44.1 Å². The highest BCUT2D eigenvalue weighted by molar-refractivity contribution is 6.35. The van der Waals surface area contributed by atoms with Crippen LogP contribution in [0.3, 0.4) is 0 Å². The van der Waals surface area contributed by atoms with Gasteiger partial charge in [0.1, 0.15) is 0 Å². The first-order valence-electron chi connectivity index (χ1n) is 6.02. The van der Waals surface area contributed by atoms with Gasteiger partial charge in [0.15, 0.2) is 0 Å². The molecule has 0 spiro atoms. The molecule has 0 saturated heterocycles. The number of benzene rings is 1. The van der Waals surface area contributed by atoms with E-state index < -0.39 is 0 Å². The van der Waals surface area contributed by atoms with Crippen LogP contribution in [0, 0.1) is 0 Å². The van der Waals surface area contributed by atoms with Crippen LogP contribution in [0.25, 0.3) is 10.9 Å². The Balaban J connectivity index is 2.83. The average Bonchev–Trinajstić information content (AvgIpc) is 2.40. The molecule has 1 N–H and O–H groups in total. The number of aromatic nitrogens is 2. The third-order valence-electron chi connectivity index (χ3n) is 3.28. The van der Waals surface area contributed by atoms with E-state index in [1.54, 1.807) is 32.3 Å². The Bertz CT molecular complexity index is 733. The molecule has 5 nitrogen and oxygen atoms in total. The SMILES string of the molecule is CNC(C)Cn1c(=O)c2c(Cl)cccc2n(C)c1=O. The molecule has 0 aliphatic rings. The van der Waals surface area contributed by atoms with Crippen molar-refractivity contribution in [3.8, 4) is 0 Å². The van der Waals surface area contributed by atoms with Crippen molar-refractivity contribution >= 4 is 22.5 Å². The highest BCUT2D eigenvalue weighted by Gasteiger charge is 2.14. The fraction of sp³-hybridized carbons (Fsp3) is 0.385. The third kappa shape index (κ3) is 2.31. The van der Waals surface area contributed by atoms with E-state index >= 15 is 0 Å². The maximum Gasteiger partial charge on any atom is 0.331 e. The van der Waals surface area contributed by atoms with Crippen LogP contribution in [0.2, 0.25) is 5.02 Å². The lowest BCUT2D eigenvalue weighted by Crippen LogP contribution is -2.43. The first kappa shape index (κ1) is 13.8. The second-order valence-electron chi connectivity index (χ2n) is 4.58. The van der Waals surface area contributed by atoms with Gasteiger partial charge in [-0.25, -0.2) is 4.79 Å². The number of likely N-dealkylation sites (N-methyl/N-ethyl adjacent to an activating group) is 1. The van der Waals surface area contributed by atoms with Gasteiger partial charge in [0.25, 0.3) is 5.56 Å². The van der Waals surface area contributed by atoms with Crippen molar-refractivity contribution in [2.45, 2.75) is 19.5 Å². The molecule has 0 bridgehead atoms. The molecule has 19 heavy (non-hydrogen) atoms. The van der Waals surface area contributed by atoms with Crippen molar-refractivity contribution in [1.82, 2.24) is 14.5 Å². The van der Waals surface area contributed by atoms with Gasteiger partial charge in [0.05, 0.1) is 15.9 Å². The first-order valence-corrected chi connectivity index (χ1v) is 6.40. The molecular formula is C13H16ClN3O2. The molecule has 1 unspecified atom stereocenters. The third-order valence-corrected chi connectivity index (χ3v) is 3.59. The lowest BCUT2D eigenvalue weighted by atomic mass is 10.2. The number of fused-ring (bicyclic) bond motifs is 1. The topological polar surface area (TPSA) is 56.0 Å². The minimum absolute atomic E-state index is 0.0188. The summed E-state index contributed by atoms with van der Waals surface area (Å²) in [6, 6.07) is 5.12. The molecule has 102 valence electrons. The summed E-state index contributed by atoms with van der Waals surface area (Å²) >= 11 is 6.08. The Morgan fingerprint density at radius 2 is 2.05 bits per heavy atom. The second kappa shape index (κ2) is 5.19. The predicted octanol–water partition coefficient (Wildman–Crippen LogP) is 0.962. The number of nitrogens with one attached hydrogen (secondary N) is 1. The Morgan fingerprint density at radius 3 is 2.68 bits per heavy atom. The van der Waals surface area contributed by atoms with Crippen molar-refractivity contribution in [2.24, 2.45) is 7.05 Å². The van der Waals surface area contributed by atoms with Crippen molar-refractivity contribution in [2.75, 3.05) is 7.05 Å². The minimum Gasteiger partial charge on any atom is -0.315 e. The van der Waals surface area contributed by atoms with Crippen LogP contribution in [0.1, 0.15) is 6.92 Å². The van der Waals surface area contributed by atoms with Crippen LogP contribution in [-0.2, 0) is 13.6 Å². The van der Waals surface area contributed by atoms with Crippen LogP contribution in [0.4, 0.5) is 0 Å². The van der Waals surface area contributed by atoms with Crippen LogP contribution in [0.15, 0.2) is 27.8 Å². The smallest absolute Gasteiger partial charge is 0.315 e. The number of rotatable bonds is 3. The van der Waals surface area contributed by atoms with E-state index in [2.05, 4.69) is 5.32 Å². The van der Waals surface area contributed by atoms with Gasteiger partial charge in [-0.3, -0.25) is 13.9 Å². The molecule has 6 heteroatoms. The zero-order valence-electron chi connectivity index (χ0n) is 11.1. The summed E-state index contributed by atoms with van der Waals surface area (Å²) in [6.45, 7) is 2.21. The van der Waals surface area contributed by atoms with Gasteiger partial charge in [-0.05, 0) is 26.1 Å². The maximum atomic E-state index is 12.4. The van der Waals surface area contributed by atoms with E-state index in [9.17, 15) is 9.59 Å². The van der Waals surface area contributed by atoms with Gasteiger partial charge >= 0.3 is 5.69 Å². The zero-order chi connectivity index (χ0) is 14.2. The van der Waals surface area contributed by atoms with Crippen LogP contribution >= 0.6 is 11.6 Å². The molecule has 0 amide bonds. The van der Waals surface area contributed by atoms with E-state index in [4.69, 9.17) is 11.6 Å². The average molecular weight is 282 g/mol. The normalized spacial score (nSPS) is 12.8. The van der Waals surface area contributed by atoms with Crippen molar-refractivity contribution in [3.63, 3.8) is 0 Å². The molecule has 1 aromatic carbocycles. The lowest BCUT2D eigenvalue weighted by molar-refractivity contribution is 0.483. The quantitative estimate of drug-likeness (QED) is 0.912. The van der Waals surface area contributed by atoms with Gasteiger partial charge in [-0.2, -0.15) is 0 Å². The molecule has 1 atom stereocenters. The summed E-state index contributed by atoms with van der Waals surface area (Å²) in [5.41, 5.74) is -0.122. The molecule has 0 aliphatic carbocycles. The number of aryl methyl sites for hydroxylation is 1. The summed E-state index contributed by atoms with van der Waals surface area (Å²) in [5, 5.41) is 3.76. The molecule has 0 radical (unpaired) electrons. The maximum absolute atomic E-state index is 12.4. The number of nitrogens with zero attached hydrogens (tertiary/aromatic N) is 2. The molecule has 2 aromatic rings. The fourth-order valence-electron chi connectivity index (χ4n) is 2.04. The molecular weight excluding hydrogens is 266 g/mol. The van der Waals surface area contributed by atoms with E-state index in [0.29, 0.717) is 22.5 Å². The van der Waals surface area contributed by atoms with Crippen LogP contribution in [-0.4, -0.2) is 22.2 Å². The fourth-order valence-corrected chi connectivity index (χ4v) is 2.29.